The molecule has 2 N–H and O–H groups in total. The third-order valence-corrected chi connectivity index (χ3v) is 6.27. The first-order valence-corrected chi connectivity index (χ1v) is 9.62. The lowest BCUT2D eigenvalue weighted by molar-refractivity contribution is -0.180. The van der Waals surface area contributed by atoms with Crippen LogP contribution in [0.4, 0.5) is 0 Å². The molecule has 2 aliphatic carbocycles. The molecule has 2 aliphatic rings. The maximum Gasteiger partial charge on any atom is 0.312 e. The van der Waals surface area contributed by atoms with E-state index in [2.05, 4.69) is 13.8 Å². The predicted molar refractivity (Wildman–Crippen MR) is 94.4 cm³/mol. The van der Waals surface area contributed by atoms with Gasteiger partial charge in [-0.15, -0.1) is 0 Å². The molecule has 4 unspecified atom stereocenters. The summed E-state index contributed by atoms with van der Waals surface area (Å²) in [5.41, 5.74) is -0.970. The number of hydrogen-bond acceptors (Lipinski definition) is 4. The standard InChI is InChI=1S/C20H36O4/c1-7-12-10-20(6,18(23)24-19(3,4)5)11-13-9-15(21)17(22)14(8-2)16(12)13/h12-17,21-22H,7-11H2,1-6H3/t12?,13?,14?,15-,16?,17+,20+/m0/s1. The Kier molecular flexibility index (Phi) is 5.71. The summed E-state index contributed by atoms with van der Waals surface area (Å²) in [6, 6.07) is 0. The zero-order chi connectivity index (χ0) is 18.3. The fraction of sp³-hybridized carbons (Fsp3) is 0.950. The number of hydrogen-bond donors (Lipinski definition) is 2. The summed E-state index contributed by atoms with van der Waals surface area (Å²) in [6.45, 7) is 12.0. The van der Waals surface area contributed by atoms with Crippen LogP contribution in [0.5, 0.6) is 0 Å². The minimum Gasteiger partial charge on any atom is -0.460 e. The van der Waals surface area contributed by atoms with Crippen molar-refractivity contribution in [2.75, 3.05) is 0 Å². The van der Waals surface area contributed by atoms with Crippen LogP contribution in [-0.2, 0) is 9.53 Å². The highest BCUT2D eigenvalue weighted by Crippen LogP contribution is 2.55. The average Bonchev–Trinajstić information content (AvgIpc) is 2.46. The van der Waals surface area contributed by atoms with Crippen LogP contribution in [0.2, 0.25) is 0 Å². The number of ether oxygens (including phenoxy) is 1. The van der Waals surface area contributed by atoms with Crippen molar-refractivity contribution >= 4 is 5.97 Å². The van der Waals surface area contributed by atoms with Crippen LogP contribution in [0.3, 0.4) is 0 Å². The van der Waals surface area contributed by atoms with Gasteiger partial charge in [-0.1, -0.05) is 26.7 Å². The molecule has 0 radical (unpaired) electrons. The Morgan fingerprint density at radius 2 is 1.79 bits per heavy atom. The molecule has 0 aromatic heterocycles. The first kappa shape index (κ1) is 19.7. The van der Waals surface area contributed by atoms with Crippen LogP contribution in [0.1, 0.15) is 73.6 Å². The Bertz CT molecular complexity index is 455. The molecule has 0 aliphatic heterocycles. The van der Waals surface area contributed by atoms with Crippen molar-refractivity contribution in [3.63, 3.8) is 0 Å². The molecule has 4 heteroatoms. The van der Waals surface area contributed by atoms with E-state index in [9.17, 15) is 15.0 Å². The lowest BCUT2D eigenvalue weighted by Gasteiger charge is -2.54. The maximum absolute atomic E-state index is 12.8. The van der Waals surface area contributed by atoms with E-state index in [1.807, 2.05) is 27.7 Å². The number of fused-ring (bicyclic) bond motifs is 1. The number of rotatable bonds is 3. The zero-order valence-corrected chi connectivity index (χ0v) is 16.2. The van der Waals surface area contributed by atoms with Gasteiger partial charge < -0.3 is 14.9 Å². The number of esters is 1. The molecule has 0 amide bonds. The Hall–Kier alpha value is -0.610. The van der Waals surface area contributed by atoms with Crippen LogP contribution in [0.25, 0.3) is 0 Å². The summed E-state index contributed by atoms with van der Waals surface area (Å²) in [7, 11) is 0. The van der Waals surface area contributed by atoms with Crippen molar-refractivity contribution in [2.45, 2.75) is 91.5 Å². The van der Waals surface area contributed by atoms with Crippen molar-refractivity contribution in [3.8, 4) is 0 Å². The fourth-order valence-corrected chi connectivity index (χ4v) is 5.30. The van der Waals surface area contributed by atoms with Crippen molar-refractivity contribution in [2.24, 2.45) is 29.1 Å². The lowest BCUT2D eigenvalue weighted by Crippen LogP contribution is -2.54. The molecule has 0 spiro atoms. The molecular formula is C20H36O4. The van der Waals surface area contributed by atoms with E-state index in [-0.39, 0.29) is 17.8 Å². The summed E-state index contributed by atoms with van der Waals surface area (Å²) < 4.78 is 5.70. The molecule has 0 bridgehead atoms. The molecule has 0 aromatic rings. The van der Waals surface area contributed by atoms with Gasteiger partial charge in [-0.3, -0.25) is 4.79 Å². The van der Waals surface area contributed by atoms with Gasteiger partial charge in [0.15, 0.2) is 0 Å². The normalized spacial score (nSPS) is 43.2. The number of carbonyl (C=O) groups is 1. The minimum atomic E-state index is -0.672. The van der Waals surface area contributed by atoms with Crippen molar-refractivity contribution < 1.29 is 19.7 Å². The monoisotopic (exact) mass is 340 g/mol. The Labute approximate surface area is 147 Å². The molecule has 2 saturated carbocycles. The van der Waals surface area contributed by atoms with E-state index in [1.165, 1.54) is 0 Å². The van der Waals surface area contributed by atoms with Gasteiger partial charge >= 0.3 is 5.97 Å². The zero-order valence-electron chi connectivity index (χ0n) is 16.2. The van der Waals surface area contributed by atoms with E-state index >= 15 is 0 Å². The predicted octanol–water partition coefficient (Wildman–Crippen LogP) is 3.54. The highest BCUT2D eigenvalue weighted by Gasteiger charge is 2.54. The van der Waals surface area contributed by atoms with Crippen molar-refractivity contribution in [1.82, 2.24) is 0 Å². The van der Waals surface area contributed by atoms with E-state index in [0.717, 1.165) is 25.7 Å². The first-order valence-electron chi connectivity index (χ1n) is 9.62. The van der Waals surface area contributed by atoms with Gasteiger partial charge in [0.25, 0.3) is 0 Å². The smallest absolute Gasteiger partial charge is 0.312 e. The number of carbonyl (C=O) groups excluding carboxylic acids is 1. The SMILES string of the molecule is CCC1C[C@@](C)(C(=O)OC(C)(C)C)CC2C[C@H](O)[C@H](O)C(CC)C12. The third kappa shape index (κ3) is 3.80. The van der Waals surface area contributed by atoms with Gasteiger partial charge in [-0.2, -0.15) is 0 Å². The second kappa shape index (κ2) is 6.95. The van der Waals surface area contributed by atoms with Crippen LogP contribution < -0.4 is 0 Å². The van der Waals surface area contributed by atoms with Gasteiger partial charge in [0, 0.05) is 0 Å². The third-order valence-electron chi connectivity index (χ3n) is 6.27. The van der Waals surface area contributed by atoms with Crippen LogP contribution in [0.15, 0.2) is 0 Å². The van der Waals surface area contributed by atoms with Gasteiger partial charge in [-0.05, 0) is 70.6 Å². The average molecular weight is 341 g/mol. The second-order valence-electron chi connectivity index (χ2n) is 9.34. The van der Waals surface area contributed by atoms with Crippen molar-refractivity contribution in [3.05, 3.63) is 0 Å². The fourth-order valence-electron chi connectivity index (χ4n) is 5.30. The summed E-state index contributed by atoms with van der Waals surface area (Å²) in [6.07, 6.45) is 2.74. The molecule has 140 valence electrons. The largest absolute Gasteiger partial charge is 0.460 e. The number of aliphatic hydroxyl groups is 2. The molecule has 24 heavy (non-hydrogen) atoms. The van der Waals surface area contributed by atoms with Crippen LogP contribution >= 0.6 is 0 Å². The number of aliphatic hydroxyl groups excluding tert-OH is 2. The molecule has 0 saturated heterocycles. The molecule has 7 atom stereocenters. The van der Waals surface area contributed by atoms with Gasteiger partial charge in [-0.25, -0.2) is 0 Å². The molecule has 2 fully saturated rings. The molecular weight excluding hydrogens is 304 g/mol. The summed E-state index contributed by atoms with van der Waals surface area (Å²) in [4.78, 5) is 12.8. The Balaban J connectivity index is 2.26. The minimum absolute atomic E-state index is 0.111. The molecule has 0 heterocycles. The summed E-state index contributed by atoms with van der Waals surface area (Å²) >= 11 is 0. The first-order chi connectivity index (χ1) is 11.0. The lowest BCUT2D eigenvalue weighted by atomic mass is 9.52. The van der Waals surface area contributed by atoms with Gasteiger partial charge in [0.05, 0.1) is 17.6 Å². The maximum atomic E-state index is 12.8. The Morgan fingerprint density at radius 3 is 2.29 bits per heavy atom. The topological polar surface area (TPSA) is 66.8 Å². The van der Waals surface area contributed by atoms with Gasteiger partial charge in [0.2, 0.25) is 0 Å². The van der Waals surface area contributed by atoms with E-state index in [1.54, 1.807) is 0 Å². The molecule has 0 aromatic carbocycles. The summed E-state index contributed by atoms with van der Waals surface area (Å²) in [5.74, 6) is 1.10. The van der Waals surface area contributed by atoms with E-state index in [0.29, 0.717) is 18.3 Å². The van der Waals surface area contributed by atoms with Crippen LogP contribution in [-0.4, -0.2) is 34.0 Å². The summed E-state index contributed by atoms with van der Waals surface area (Å²) in [5, 5.41) is 20.7. The van der Waals surface area contributed by atoms with Crippen LogP contribution in [0, 0.1) is 29.1 Å². The highest BCUT2D eigenvalue weighted by molar-refractivity contribution is 5.77. The second-order valence-corrected chi connectivity index (χ2v) is 9.34. The van der Waals surface area contributed by atoms with E-state index in [4.69, 9.17) is 4.74 Å². The quantitative estimate of drug-likeness (QED) is 0.771. The molecule has 2 rings (SSSR count). The van der Waals surface area contributed by atoms with Gasteiger partial charge in [0.1, 0.15) is 5.60 Å². The van der Waals surface area contributed by atoms with Crippen molar-refractivity contribution in [1.29, 1.82) is 0 Å². The Morgan fingerprint density at radius 1 is 1.17 bits per heavy atom. The van der Waals surface area contributed by atoms with E-state index < -0.39 is 23.2 Å². The highest BCUT2D eigenvalue weighted by atomic mass is 16.6. The molecule has 4 nitrogen and oxygen atoms in total.